The lowest BCUT2D eigenvalue weighted by molar-refractivity contribution is 0.0339. The Morgan fingerprint density at radius 1 is 0.895 bits per heavy atom. The highest BCUT2D eigenvalue weighted by Gasteiger charge is 2.36. The zero-order chi connectivity index (χ0) is 26.4. The number of carbonyl (C=O) groups is 2. The summed E-state index contributed by atoms with van der Waals surface area (Å²) in [5.74, 6) is -0.472. The van der Waals surface area contributed by atoms with E-state index in [1.54, 1.807) is 54.6 Å². The Morgan fingerprint density at radius 2 is 1.61 bits per heavy atom. The van der Waals surface area contributed by atoms with Crippen LogP contribution in [-0.2, 0) is 17.8 Å². The first-order chi connectivity index (χ1) is 18.4. The molecule has 0 aliphatic carbocycles. The zero-order valence-corrected chi connectivity index (χ0v) is 22.4. The number of ether oxygens (including phenoxy) is 1. The van der Waals surface area contributed by atoms with Gasteiger partial charge in [-0.3, -0.25) is 28.8 Å². The van der Waals surface area contributed by atoms with Gasteiger partial charge in [-0.05, 0) is 71.1 Å². The molecule has 0 saturated carbocycles. The third-order valence-electron chi connectivity index (χ3n) is 6.90. The largest absolute Gasteiger partial charge is 0.508 e. The second kappa shape index (κ2) is 9.93. The molecule has 0 atom stereocenters. The lowest BCUT2D eigenvalue weighted by Gasteiger charge is -2.27. The van der Waals surface area contributed by atoms with Gasteiger partial charge in [0.2, 0.25) is 0 Å². The van der Waals surface area contributed by atoms with Crippen molar-refractivity contribution >= 4 is 45.3 Å². The van der Waals surface area contributed by atoms with Gasteiger partial charge in [0.15, 0.2) is 0 Å². The Morgan fingerprint density at radius 3 is 2.32 bits per heavy atom. The van der Waals surface area contributed by atoms with E-state index >= 15 is 0 Å². The van der Waals surface area contributed by atoms with Crippen molar-refractivity contribution in [3.05, 3.63) is 97.1 Å². The van der Waals surface area contributed by atoms with E-state index in [4.69, 9.17) is 9.72 Å². The lowest BCUT2D eigenvalue weighted by atomic mass is 10.1. The van der Waals surface area contributed by atoms with Crippen molar-refractivity contribution in [3.63, 3.8) is 0 Å². The lowest BCUT2D eigenvalue weighted by Crippen LogP contribution is -2.35. The van der Waals surface area contributed by atoms with Crippen molar-refractivity contribution in [2.24, 2.45) is 0 Å². The number of phenolic OH excluding ortho intramolecular Hbond substituents is 1. The number of halogens is 1. The van der Waals surface area contributed by atoms with E-state index in [9.17, 15) is 19.5 Å². The van der Waals surface area contributed by atoms with Gasteiger partial charge >= 0.3 is 0 Å². The standard InChI is InChI=1S/C28H23IN4O5/c29-18-5-7-23-22(14-18)28(37)33(19-6-8-24(34)17(13-19)15-31-9-11-38-12-10-31)25(30-23)16-32-26(35)20-3-1-2-4-21(20)27(32)36/h1-8,13-14,34H,9-12,15-16H2. The van der Waals surface area contributed by atoms with E-state index in [1.165, 1.54) is 4.57 Å². The van der Waals surface area contributed by atoms with E-state index in [2.05, 4.69) is 27.5 Å². The van der Waals surface area contributed by atoms with Crippen LogP contribution in [0, 0.1) is 3.57 Å². The van der Waals surface area contributed by atoms with Gasteiger partial charge in [-0.1, -0.05) is 12.1 Å². The van der Waals surface area contributed by atoms with Crippen LogP contribution >= 0.6 is 22.6 Å². The first-order valence-corrected chi connectivity index (χ1v) is 13.3. The van der Waals surface area contributed by atoms with Crippen LogP contribution in [0.2, 0.25) is 0 Å². The average molecular weight is 622 g/mol. The van der Waals surface area contributed by atoms with Crippen LogP contribution in [-0.4, -0.2) is 62.6 Å². The van der Waals surface area contributed by atoms with Gasteiger partial charge in [-0.25, -0.2) is 4.98 Å². The Labute approximate surface area is 231 Å². The number of aromatic nitrogens is 2. The van der Waals surface area contributed by atoms with Gasteiger partial charge in [-0.15, -0.1) is 0 Å². The Hall–Kier alpha value is -3.61. The van der Waals surface area contributed by atoms with Gasteiger partial charge in [0, 0.05) is 28.8 Å². The van der Waals surface area contributed by atoms with E-state index in [0.29, 0.717) is 53.0 Å². The number of rotatable bonds is 5. The number of aromatic hydroxyl groups is 1. The molecular weight excluding hydrogens is 599 g/mol. The van der Waals surface area contributed by atoms with E-state index in [0.717, 1.165) is 21.6 Å². The number of imide groups is 1. The van der Waals surface area contributed by atoms with Crippen molar-refractivity contribution in [2.45, 2.75) is 13.1 Å². The van der Waals surface area contributed by atoms with Crippen LogP contribution in [0.1, 0.15) is 32.1 Å². The highest BCUT2D eigenvalue weighted by atomic mass is 127. The second-order valence-corrected chi connectivity index (χ2v) is 10.5. The summed E-state index contributed by atoms with van der Waals surface area (Å²) in [7, 11) is 0. The van der Waals surface area contributed by atoms with E-state index in [-0.39, 0.29) is 23.7 Å². The highest BCUT2D eigenvalue weighted by Crippen LogP contribution is 2.27. The predicted molar refractivity (Wildman–Crippen MR) is 148 cm³/mol. The maximum Gasteiger partial charge on any atom is 0.266 e. The number of morpholine rings is 1. The van der Waals surface area contributed by atoms with Crippen LogP contribution in [0.25, 0.3) is 16.6 Å². The molecule has 9 nitrogen and oxygen atoms in total. The molecule has 2 aliphatic heterocycles. The summed E-state index contributed by atoms with van der Waals surface area (Å²) < 4.78 is 7.75. The average Bonchev–Trinajstić information content (AvgIpc) is 3.16. The van der Waals surface area contributed by atoms with Crippen molar-refractivity contribution in [3.8, 4) is 11.4 Å². The summed E-state index contributed by atoms with van der Waals surface area (Å²) in [6.45, 7) is 3.04. The van der Waals surface area contributed by atoms with Gasteiger partial charge in [-0.2, -0.15) is 0 Å². The smallest absolute Gasteiger partial charge is 0.266 e. The Bertz CT molecular complexity index is 1630. The van der Waals surface area contributed by atoms with Crippen molar-refractivity contribution in [1.29, 1.82) is 0 Å². The molecule has 0 unspecified atom stereocenters. The van der Waals surface area contributed by atoms with Gasteiger partial charge in [0.1, 0.15) is 11.6 Å². The van der Waals surface area contributed by atoms with Gasteiger partial charge < -0.3 is 9.84 Å². The van der Waals surface area contributed by atoms with Crippen LogP contribution in [0.15, 0.2) is 65.5 Å². The summed E-state index contributed by atoms with van der Waals surface area (Å²) in [6.07, 6.45) is 0. The zero-order valence-electron chi connectivity index (χ0n) is 20.3. The molecule has 1 saturated heterocycles. The molecule has 2 amide bonds. The van der Waals surface area contributed by atoms with E-state index in [1.807, 2.05) is 6.07 Å². The molecule has 2 aliphatic rings. The number of amides is 2. The highest BCUT2D eigenvalue weighted by molar-refractivity contribution is 14.1. The molecule has 1 fully saturated rings. The minimum Gasteiger partial charge on any atom is -0.508 e. The quantitative estimate of drug-likeness (QED) is 0.269. The summed E-state index contributed by atoms with van der Waals surface area (Å²) in [5, 5.41) is 11.0. The molecule has 6 rings (SSSR count). The molecule has 38 heavy (non-hydrogen) atoms. The number of fused-ring (bicyclic) bond motifs is 2. The fraction of sp³-hybridized carbons (Fsp3) is 0.214. The number of hydrogen-bond donors (Lipinski definition) is 1. The number of nitrogens with zero attached hydrogens (tertiary/aromatic N) is 4. The number of benzene rings is 3. The number of carbonyl (C=O) groups excluding carboxylic acids is 2. The Balaban J connectivity index is 1.47. The summed E-state index contributed by atoms with van der Waals surface area (Å²) >= 11 is 2.14. The molecule has 3 heterocycles. The molecule has 1 N–H and O–H groups in total. The molecule has 1 aromatic heterocycles. The minimum absolute atomic E-state index is 0.124. The SMILES string of the molecule is O=C1c2ccccc2C(=O)N1Cc1nc2ccc(I)cc2c(=O)n1-c1ccc(O)c(CN2CCOCC2)c1. The minimum atomic E-state index is -0.423. The molecule has 0 spiro atoms. The molecule has 0 bridgehead atoms. The monoisotopic (exact) mass is 622 g/mol. The number of phenols is 1. The fourth-order valence-corrected chi connectivity index (χ4v) is 5.43. The molecule has 10 heteroatoms. The van der Waals surface area contributed by atoms with Crippen LogP contribution in [0.4, 0.5) is 0 Å². The van der Waals surface area contributed by atoms with Gasteiger partial charge in [0.25, 0.3) is 17.4 Å². The summed E-state index contributed by atoms with van der Waals surface area (Å²) in [4.78, 5) is 48.1. The molecule has 192 valence electrons. The number of hydrogen-bond acceptors (Lipinski definition) is 7. The predicted octanol–water partition coefficient (Wildman–Crippen LogP) is 3.32. The van der Waals surface area contributed by atoms with Gasteiger partial charge in [0.05, 0.1) is 47.5 Å². The topological polar surface area (TPSA) is 105 Å². The van der Waals surface area contributed by atoms with Crippen molar-refractivity contribution in [2.75, 3.05) is 26.3 Å². The molecule has 0 radical (unpaired) electrons. The fourth-order valence-electron chi connectivity index (χ4n) is 4.94. The van der Waals surface area contributed by atoms with E-state index < -0.39 is 11.8 Å². The summed E-state index contributed by atoms with van der Waals surface area (Å²) in [6, 6.07) is 17.0. The van der Waals surface area contributed by atoms with Crippen molar-refractivity contribution < 1.29 is 19.4 Å². The second-order valence-electron chi connectivity index (χ2n) is 9.27. The maximum absolute atomic E-state index is 13.9. The maximum atomic E-state index is 13.9. The first kappa shape index (κ1) is 24.7. The molecule has 4 aromatic rings. The van der Waals surface area contributed by atoms with Crippen LogP contribution in [0.5, 0.6) is 5.75 Å². The Kier molecular flexibility index (Phi) is 6.46. The first-order valence-electron chi connectivity index (χ1n) is 12.2. The van der Waals surface area contributed by atoms with Crippen LogP contribution in [0.3, 0.4) is 0 Å². The third-order valence-corrected chi connectivity index (χ3v) is 7.57. The third kappa shape index (κ3) is 4.38. The molecule has 3 aromatic carbocycles. The van der Waals surface area contributed by atoms with Crippen molar-refractivity contribution in [1.82, 2.24) is 19.4 Å². The molecular formula is C28H23IN4O5. The normalized spacial score (nSPS) is 15.9. The summed E-state index contributed by atoms with van der Waals surface area (Å²) in [5.41, 5.74) is 1.98. The van der Waals surface area contributed by atoms with Crippen LogP contribution < -0.4 is 5.56 Å².